The van der Waals surface area contributed by atoms with Crippen LogP contribution < -0.4 is 24.0 Å². The topological polar surface area (TPSA) is 88.2 Å². The third-order valence-corrected chi connectivity index (χ3v) is 8.71. The Bertz CT molecular complexity index is 1360. The van der Waals surface area contributed by atoms with Crippen molar-refractivity contribution in [3.63, 3.8) is 0 Å². The van der Waals surface area contributed by atoms with Crippen molar-refractivity contribution in [2.45, 2.75) is 37.1 Å². The molecule has 2 aliphatic heterocycles. The fourth-order valence-electron chi connectivity index (χ4n) is 4.85. The number of nitrogens with one attached hydrogen (secondary N) is 1. The van der Waals surface area contributed by atoms with Crippen molar-refractivity contribution >= 4 is 27.3 Å². The summed E-state index contributed by atoms with van der Waals surface area (Å²) in [6, 6.07) is 20.9. The summed E-state index contributed by atoms with van der Waals surface area (Å²) >= 11 is 0. The Morgan fingerprint density at radius 2 is 1.61 bits per heavy atom. The summed E-state index contributed by atoms with van der Waals surface area (Å²) in [6.45, 7) is 4.45. The van der Waals surface area contributed by atoms with Crippen LogP contribution in [0.5, 0.6) is 11.5 Å². The normalized spacial score (nSPS) is 16.0. The summed E-state index contributed by atoms with van der Waals surface area (Å²) in [7, 11) is -4.02. The first-order chi connectivity index (χ1) is 18.4. The smallest absolute Gasteiger partial charge is 0.264 e. The van der Waals surface area contributed by atoms with E-state index in [4.69, 9.17) is 9.47 Å². The molecule has 200 valence electrons. The van der Waals surface area contributed by atoms with Crippen LogP contribution in [0.15, 0.2) is 77.7 Å². The Kier molecular flexibility index (Phi) is 7.74. The molecule has 8 nitrogen and oxygen atoms in total. The van der Waals surface area contributed by atoms with Gasteiger partial charge in [0.05, 0.1) is 16.6 Å². The van der Waals surface area contributed by atoms with Gasteiger partial charge in [0.2, 0.25) is 5.91 Å². The molecule has 1 amide bonds. The molecule has 1 unspecified atom stereocenters. The Morgan fingerprint density at radius 1 is 0.921 bits per heavy atom. The number of nitrogens with zero attached hydrogens (tertiary/aromatic N) is 2. The molecule has 5 rings (SSSR count). The van der Waals surface area contributed by atoms with E-state index in [1.165, 1.54) is 37.1 Å². The lowest BCUT2D eigenvalue weighted by atomic mass is 10.1. The summed E-state index contributed by atoms with van der Waals surface area (Å²) < 4.78 is 39.7. The molecule has 0 spiro atoms. The number of fused-ring (bicyclic) bond motifs is 1. The zero-order valence-electron chi connectivity index (χ0n) is 21.5. The van der Waals surface area contributed by atoms with Crippen molar-refractivity contribution in [3.8, 4) is 11.5 Å². The van der Waals surface area contributed by atoms with Crippen molar-refractivity contribution in [1.82, 2.24) is 5.32 Å². The Hall–Kier alpha value is -3.72. The fourth-order valence-corrected chi connectivity index (χ4v) is 6.28. The predicted molar refractivity (Wildman–Crippen MR) is 147 cm³/mol. The van der Waals surface area contributed by atoms with E-state index in [-0.39, 0.29) is 17.5 Å². The molecule has 0 bridgehead atoms. The Morgan fingerprint density at radius 3 is 2.32 bits per heavy atom. The number of sulfonamides is 1. The molecule has 0 radical (unpaired) electrons. The third kappa shape index (κ3) is 5.72. The van der Waals surface area contributed by atoms with E-state index in [0.29, 0.717) is 30.4 Å². The first-order valence-corrected chi connectivity index (χ1v) is 14.5. The summed E-state index contributed by atoms with van der Waals surface area (Å²) in [5.74, 6) is 0.583. The first kappa shape index (κ1) is 25.9. The molecular formula is C29H33N3O5S. The molecular weight excluding hydrogens is 502 g/mol. The number of amides is 1. The van der Waals surface area contributed by atoms with Crippen LogP contribution in [0.2, 0.25) is 0 Å². The molecule has 2 aliphatic rings. The average Bonchev–Trinajstić information content (AvgIpc) is 2.96. The van der Waals surface area contributed by atoms with Crippen LogP contribution in [-0.2, 0) is 14.8 Å². The molecule has 0 saturated carbocycles. The highest BCUT2D eigenvalue weighted by Crippen LogP contribution is 2.35. The first-order valence-electron chi connectivity index (χ1n) is 13.0. The second-order valence-corrected chi connectivity index (χ2v) is 11.4. The van der Waals surface area contributed by atoms with Gasteiger partial charge in [0.15, 0.2) is 11.5 Å². The number of carbonyl (C=O) groups is 1. The lowest BCUT2D eigenvalue weighted by Crippen LogP contribution is -2.41. The number of hydrogen-bond donors (Lipinski definition) is 1. The number of carbonyl (C=O) groups excluding carboxylic acids is 1. The number of piperidine rings is 1. The minimum absolute atomic E-state index is 0.101. The zero-order valence-corrected chi connectivity index (χ0v) is 22.3. The molecule has 0 aliphatic carbocycles. The van der Waals surface area contributed by atoms with Crippen LogP contribution >= 0.6 is 0 Å². The van der Waals surface area contributed by atoms with Crippen molar-refractivity contribution in [2.24, 2.45) is 0 Å². The SMILES string of the molecule is CC(NC(=O)CN(c1ccc2c(c1)OCCO2)S(=O)(=O)c1ccccc1)c1ccc(N2CCCCC2)cc1. The van der Waals surface area contributed by atoms with Gasteiger partial charge in [-0.15, -0.1) is 0 Å². The van der Waals surface area contributed by atoms with E-state index in [0.717, 1.165) is 23.0 Å². The number of benzene rings is 3. The molecule has 1 fully saturated rings. The molecule has 1 atom stereocenters. The van der Waals surface area contributed by atoms with Gasteiger partial charge >= 0.3 is 0 Å². The second kappa shape index (κ2) is 11.3. The monoisotopic (exact) mass is 535 g/mol. The summed E-state index contributed by atoms with van der Waals surface area (Å²) in [5.41, 5.74) is 2.47. The number of rotatable bonds is 8. The molecule has 38 heavy (non-hydrogen) atoms. The molecule has 1 saturated heterocycles. The Balaban J connectivity index is 1.34. The molecule has 0 aromatic heterocycles. The van der Waals surface area contributed by atoms with Crippen molar-refractivity contribution in [3.05, 3.63) is 78.4 Å². The highest BCUT2D eigenvalue weighted by atomic mass is 32.2. The van der Waals surface area contributed by atoms with Gasteiger partial charge in [0.1, 0.15) is 19.8 Å². The van der Waals surface area contributed by atoms with E-state index in [2.05, 4.69) is 22.3 Å². The standard InChI is InChI=1S/C29H33N3O5S/c1-22(23-10-12-24(13-11-23)31-16-6-3-7-17-31)30-29(33)21-32(38(34,35)26-8-4-2-5-9-26)25-14-15-27-28(20-25)37-19-18-36-27/h2,4-5,8-15,20,22H,3,6-7,16-19,21H2,1H3,(H,30,33). The van der Waals surface area contributed by atoms with Gasteiger partial charge in [-0.05, 0) is 68.1 Å². The van der Waals surface area contributed by atoms with Gasteiger partial charge in [0.25, 0.3) is 10.0 Å². The van der Waals surface area contributed by atoms with Crippen molar-refractivity contribution in [2.75, 3.05) is 42.1 Å². The summed E-state index contributed by atoms with van der Waals surface area (Å²) in [6.07, 6.45) is 3.70. The minimum atomic E-state index is -4.02. The quantitative estimate of drug-likeness (QED) is 0.456. The van der Waals surface area contributed by atoms with Crippen molar-refractivity contribution < 1.29 is 22.7 Å². The van der Waals surface area contributed by atoms with Crippen LogP contribution in [0.1, 0.15) is 37.8 Å². The maximum Gasteiger partial charge on any atom is 0.264 e. The van der Waals surface area contributed by atoms with Gasteiger partial charge in [-0.25, -0.2) is 8.42 Å². The van der Waals surface area contributed by atoms with Crippen molar-refractivity contribution in [1.29, 1.82) is 0 Å². The van der Waals surface area contributed by atoms with E-state index in [9.17, 15) is 13.2 Å². The molecule has 3 aromatic rings. The highest BCUT2D eigenvalue weighted by Gasteiger charge is 2.29. The third-order valence-electron chi connectivity index (χ3n) is 6.92. The lowest BCUT2D eigenvalue weighted by molar-refractivity contribution is -0.120. The van der Waals surface area contributed by atoms with Gasteiger partial charge in [-0.1, -0.05) is 30.3 Å². The van der Waals surface area contributed by atoms with E-state index < -0.39 is 15.9 Å². The average molecular weight is 536 g/mol. The highest BCUT2D eigenvalue weighted by molar-refractivity contribution is 7.92. The second-order valence-electron chi connectivity index (χ2n) is 9.58. The van der Waals surface area contributed by atoms with Gasteiger partial charge in [0, 0.05) is 24.8 Å². The minimum Gasteiger partial charge on any atom is -0.486 e. The molecule has 2 heterocycles. The van der Waals surface area contributed by atoms with Crippen LogP contribution in [0, 0.1) is 0 Å². The van der Waals surface area contributed by atoms with Crippen LogP contribution in [-0.4, -0.2) is 47.2 Å². The maximum absolute atomic E-state index is 13.6. The van der Waals surface area contributed by atoms with Crippen LogP contribution in [0.25, 0.3) is 0 Å². The number of ether oxygens (including phenoxy) is 2. The Labute approximate surface area is 224 Å². The summed E-state index contributed by atoms with van der Waals surface area (Å²) in [4.78, 5) is 15.7. The van der Waals surface area contributed by atoms with Gasteiger partial charge in [-0.3, -0.25) is 9.10 Å². The van der Waals surface area contributed by atoms with E-state index in [1.807, 2.05) is 19.1 Å². The van der Waals surface area contributed by atoms with Gasteiger partial charge in [-0.2, -0.15) is 0 Å². The predicted octanol–water partition coefficient (Wildman–Crippen LogP) is 4.52. The number of hydrogen-bond acceptors (Lipinski definition) is 6. The lowest BCUT2D eigenvalue weighted by Gasteiger charge is -2.29. The van der Waals surface area contributed by atoms with E-state index >= 15 is 0 Å². The fraction of sp³-hybridized carbons (Fsp3) is 0.345. The number of anilines is 2. The molecule has 9 heteroatoms. The van der Waals surface area contributed by atoms with E-state index in [1.54, 1.807) is 36.4 Å². The molecule has 1 N–H and O–H groups in total. The van der Waals surface area contributed by atoms with Crippen LogP contribution in [0.4, 0.5) is 11.4 Å². The maximum atomic E-state index is 13.6. The zero-order chi connectivity index (χ0) is 26.5. The van der Waals surface area contributed by atoms with Crippen LogP contribution in [0.3, 0.4) is 0 Å². The van der Waals surface area contributed by atoms with Gasteiger partial charge < -0.3 is 19.7 Å². The summed E-state index contributed by atoms with van der Waals surface area (Å²) in [5, 5.41) is 2.97. The largest absolute Gasteiger partial charge is 0.486 e. The molecule has 3 aromatic carbocycles.